The minimum Gasteiger partial charge on any atom is -0.493 e. The number of hydrogen-bond acceptors (Lipinski definition) is 6. The molecule has 32 heavy (non-hydrogen) atoms. The lowest BCUT2D eigenvalue weighted by Crippen LogP contribution is -1.96. The van der Waals surface area contributed by atoms with Gasteiger partial charge < -0.3 is 9.84 Å². The Kier molecular flexibility index (Phi) is 5.72. The van der Waals surface area contributed by atoms with Gasteiger partial charge in [-0.25, -0.2) is 4.98 Å². The van der Waals surface area contributed by atoms with Gasteiger partial charge in [0.2, 0.25) is 5.88 Å². The topological polar surface area (TPSA) is 72.5 Å². The summed E-state index contributed by atoms with van der Waals surface area (Å²) in [4.78, 5) is 10.1. The number of aromatic nitrogens is 4. The number of thioether (sulfide) groups is 1. The highest BCUT2D eigenvalue weighted by Gasteiger charge is 2.11. The van der Waals surface area contributed by atoms with Crippen LogP contribution in [0.2, 0.25) is 0 Å². The lowest BCUT2D eigenvalue weighted by atomic mass is 10.1. The van der Waals surface area contributed by atoms with Gasteiger partial charge in [-0.3, -0.25) is 0 Å². The molecule has 5 aromatic rings. The van der Waals surface area contributed by atoms with Crippen molar-refractivity contribution >= 4 is 17.5 Å². The van der Waals surface area contributed by atoms with E-state index in [1.54, 1.807) is 17.8 Å². The molecule has 0 unspecified atom stereocenters. The standard InChI is InChI=1S/C25H20N4O2S/c30-24-16-19(26-25-27-23(28-29(24)25)15-18-7-3-1-4-8-18)17-32-22-13-11-21(12-14-22)31-20-9-5-2-6-10-20/h1-14,16,30H,15,17H2. The summed E-state index contributed by atoms with van der Waals surface area (Å²) < 4.78 is 7.21. The fraction of sp³-hybridized carbons (Fsp3) is 0.0800. The number of rotatable bonds is 7. The van der Waals surface area contributed by atoms with Gasteiger partial charge in [-0.05, 0) is 42.0 Å². The van der Waals surface area contributed by atoms with E-state index in [4.69, 9.17) is 4.74 Å². The van der Waals surface area contributed by atoms with Gasteiger partial charge in [0.15, 0.2) is 5.82 Å². The first-order valence-corrected chi connectivity index (χ1v) is 11.2. The fourth-order valence-corrected chi connectivity index (χ4v) is 4.05. The number of nitrogens with zero attached hydrogens (tertiary/aromatic N) is 4. The highest BCUT2D eigenvalue weighted by atomic mass is 32.2. The number of hydrogen-bond donors (Lipinski definition) is 1. The van der Waals surface area contributed by atoms with E-state index in [1.165, 1.54) is 4.52 Å². The second-order valence-electron chi connectivity index (χ2n) is 7.18. The Balaban J connectivity index is 1.26. The molecule has 158 valence electrons. The molecule has 2 aromatic heterocycles. The first kappa shape index (κ1) is 20.1. The van der Waals surface area contributed by atoms with Crippen LogP contribution < -0.4 is 4.74 Å². The van der Waals surface area contributed by atoms with Crippen LogP contribution in [0, 0.1) is 0 Å². The largest absolute Gasteiger partial charge is 0.493 e. The first-order chi connectivity index (χ1) is 15.7. The number of ether oxygens (including phenoxy) is 1. The van der Waals surface area contributed by atoms with Gasteiger partial charge in [0, 0.05) is 23.1 Å². The van der Waals surface area contributed by atoms with Crippen LogP contribution in [0.5, 0.6) is 17.4 Å². The van der Waals surface area contributed by atoms with Crippen LogP contribution in [-0.2, 0) is 12.2 Å². The highest BCUT2D eigenvalue weighted by Crippen LogP contribution is 2.27. The summed E-state index contributed by atoms with van der Waals surface area (Å²) >= 11 is 1.63. The van der Waals surface area contributed by atoms with Crippen molar-refractivity contribution in [3.05, 3.63) is 108 Å². The molecule has 0 saturated heterocycles. The summed E-state index contributed by atoms with van der Waals surface area (Å²) in [5.74, 6) is 3.25. The van der Waals surface area contributed by atoms with Crippen LogP contribution in [0.4, 0.5) is 0 Å². The number of aromatic hydroxyl groups is 1. The zero-order chi connectivity index (χ0) is 21.8. The van der Waals surface area contributed by atoms with Crippen molar-refractivity contribution in [1.29, 1.82) is 0 Å². The van der Waals surface area contributed by atoms with Gasteiger partial charge in [-0.2, -0.15) is 9.50 Å². The van der Waals surface area contributed by atoms with Crippen LogP contribution in [0.25, 0.3) is 5.78 Å². The van der Waals surface area contributed by atoms with Crippen molar-refractivity contribution in [2.24, 2.45) is 0 Å². The van der Waals surface area contributed by atoms with Gasteiger partial charge in [0.05, 0.1) is 5.69 Å². The smallest absolute Gasteiger partial charge is 0.255 e. The molecule has 5 rings (SSSR count). The Morgan fingerprint density at radius 3 is 2.25 bits per heavy atom. The molecule has 0 fully saturated rings. The second kappa shape index (κ2) is 9.11. The predicted octanol–water partition coefficient (Wildman–Crippen LogP) is 5.51. The SMILES string of the molecule is Oc1cc(CSc2ccc(Oc3ccccc3)cc2)nc2nc(Cc3ccccc3)nn12. The van der Waals surface area contributed by atoms with Crippen LogP contribution in [0.15, 0.2) is 95.9 Å². The summed E-state index contributed by atoms with van der Waals surface area (Å²) in [5, 5.41) is 14.8. The average molecular weight is 441 g/mol. The predicted molar refractivity (Wildman–Crippen MR) is 124 cm³/mol. The minimum atomic E-state index is 0.0315. The molecule has 0 saturated carbocycles. The number of para-hydroxylation sites is 1. The summed E-state index contributed by atoms with van der Waals surface area (Å²) in [5.41, 5.74) is 1.85. The number of benzene rings is 3. The Hall–Kier alpha value is -3.84. The maximum atomic E-state index is 10.4. The summed E-state index contributed by atoms with van der Waals surface area (Å²) in [6.07, 6.45) is 0.588. The third-order valence-corrected chi connectivity index (χ3v) is 5.83. The zero-order valence-corrected chi connectivity index (χ0v) is 17.9. The van der Waals surface area contributed by atoms with Gasteiger partial charge in [0.25, 0.3) is 5.78 Å². The molecule has 0 aliphatic heterocycles. The van der Waals surface area contributed by atoms with Crippen molar-refractivity contribution in [2.75, 3.05) is 0 Å². The molecule has 0 bridgehead atoms. The lowest BCUT2D eigenvalue weighted by molar-refractivity contribution is 0.434. The first-order valence-electron chi connectivity index (χ1n) is 10.2. The number of fused-ring (bicyclic) bond motifs is 1. The molecule has 0 aliphatic carbocycles. The highest BCUT2D eigenvalue weighted by molar-refractivity contribution is 7.98. The molecular formula is C25H20N4O2S. The van der Waals surface area contributed by atoms with Crippen LogP contribution in [0.3, 0.4) is 0 Å². The van der Waals surface area contributed by atoms with E-state index >= 15 is 0 Å². The van der Waals surface area contributed by atoms with E-state index in [-0.39, 0.29) is 5.88 Å². The van der Waals surface area contributed by atoms with Crippen LogP contribution >= 0.6 is 11.8 Å². The Labute approximate surface area is 189 Å². The third-order valence-electron chi connectivity index (χ3n) is 4.78. The average Bonchev–Trinajstić information content (AvgIpc) is 3.23. The molecular weight excluding hydrogens is 420 g/mol. The maximum absolute atomic E-state index is 10.4. The van der Waals surface area contributed by atoms with E-state index in [2.05, 4.69) is 15.1 Å². The summed E-state index contributed by atoms with van der Waals surface area (Å²) in [6.45, 7) is 0. The van der Waals surface area contributed by atoms with Gasteiger partial charge in [-0.15, -0.1) is 16.9 Å². The molecule has 0 spiro atoms. The van der Waals surface area contributed by atoms with E-state index < -0.39 is 0 Å². The van der Waals surface area contributed by atoms with Crippen LogP contribution in [0.1, 0.15) is 17.1 Å². The van der Waals surface area contributed by atoms with Crippen molar-refractivity contribution < 1.29 is 9.84 Å². The molecule has 0 atom stereocenters. The fourth-order valence-electron chi connectivity index (χ4n) is 3.26. The molecule has 3 aromatic carbocycles. The normalized spacial score (nSPS) is 11.0. The molecule has 2 heterocycles. The molecule has 0 radical (unpaired) electrons. The van der Waals surface area contributed by atoms with Crippen molar-refractivity contribution in [2.45, 2.75) is 17.1 Å². The Morgan fingerprint density at radius 2 is 1.50 bits per heavy atom. The van der Waals surface area contributed by atoms with Gasteiger partial charge >= 0.3 is 0 Å². The second-order valence-corrected chi connectivity index (χ2v) is 8.23. The van der Waals surface area contributed by atoms with Crippen molar-refractivity contribution in [3.63, 3.8) is 0 Å². The zero-order valence-electron chi connectivity index (χ0n) is 17.1. The van der Waals surface area contributed by atoms with E-state index in [0.29, 0.717) is 23.8 Å². The van der Waals surface area contributed by atoms with Crippen LogP contribution in [-0.4, -0.2) is 24.7 Å². The monoisotopic (exact) mass is 440 g/mol. The quantitative estimate of drug-likeness (QED) is 0.337. The lowest BCUT2D eigenvalue weighted by Gasteiger charge is -2.07. The van der Waals surface area contributed by atoms with Gasteiger partial charge in [0.1, 0.15) is 11.5 Å². The van der Waals surface area contributed by atoms with Gasteiger partial charge in [-0.1, -0.05) is 48.5 Å². The summed E-state index contributed by atoms with van der Waals surface area (Å²) in [7, 11) is 0. The molecule has 6 nitrogen and oxygen atoms in total. The molecule has 0 amide bonds. The van der Waals surface area contributed by atoms with Crippen molar-refractivity contribution in [1.82, 2.24) is 19.6 Å². The Bertz CT molecular complexity index is 1320. The molecule has 1 N–H and O–H groups in total. The Morgan fingerprint density at radius 1 is 0.812 bits per heavy atom. The minimum absolute atomic E-state index is 0.0315. The van der Waals surface area contributed by atoms with E-state index in [0.717, 1.165) is 27.7 Å². The maximum Gasteiger partial charge on any atom is 0.255 e. The van der Waals surface area contributed by atoms with E-state index in [9.17, 15) is 5.11 Å². The van der Waals surface area contributed by atoms with Crippen molar-refractivity contribution in [3.8, 4) is 17.4 Å². The third kappa shape index (κ3) is 4.73. The summed E-state index contributed by atoms with van der Waals surface area (Å²) in [6, 6.07) is 29.2. The molecule has 7 heteroatoms. The molecule has 0 aliphatic rings. The van der Waals surface area contributed by atoms with E-state index in [1.807, 2.05) is 84.9 Å².